The van der Waals surface area contributed by atoms with E-state index in [-0.39, 0.29) is 0 Å². The van der Waals surface area contributed by atoms with Crippen molar-refractivity contribution in [2.75, 3.05) is 26.0 Å². The lowest BCUT2D eigenvalue weighted by Crippen LogP contribution is -2.15. The van der Waals surface area contributed by atoms with Crippen LogP contribution in [0.4, 0.5) is 0 Å². The molecule has 0 saturated carbocycles. The Morgan fingerprint density at radius 1 is 1.38 bits per heavy atom. The van der Waals surface area contributed by atoms with Crippen molar-refractivity contribution in [2.45, 2.75) is 25.6 Å². The van der Waals surface area contributed by atoms with Crippen molar-refractivity contribution < 1.29 is 9.15 Å². The SMILES string of the molecule is CCOCCCNCc1ccc(CSC)o1. The van der Waals surface area contributed by atoms with Gasteiger partial charge in [-0.3, -0.25) is 0 Å². The summed E-state index contributed by atoms with van der Waals surface area (Å²) >= 11 is 1.77. The average molecular weight is 243 g/mol. The van der Waals surface area contributed by atoms with Gasteiger partial charge < -0.3 is 14.5 Å². The monoisotopic (exact) mass is 243 g/mol. The second-order valence-electron chi connectivity index (χ2n) is 3.53. The normalized spacial score (nSPS) is 10.9. The number of thioether (sulfide) groups is 1. The number of ether oxygens (including phenoxy) is 1. The Morgan fingerprint density at radius 3 is 2.94 bits per heavy atom. The number of hydrogen-bond acceptors (Lipinski definition) is 4. The van der Waals surface area contributed by atoms with Crippen molar-refractivity contribution in [1.82, 2.24) is 5.32 Å². The van der Waals surface area contributed by atoms with E-state index in [1.54, 1.807) is 11.8 Å². The van der Waals surface area contributed by atoms with Crippen LogP contribution in [0, 0.1) is 0 Å². The van der Waals surface area contributed by atoms with Crippen LogP contribution in [-0.2, 0) is 17.0 Å². The molecule has 3 nitrogen and oxygen atoms in total. The molecule has 0 radical (unpaired) electrons. The Labute approximate surface area is 102 Å². The van der Waals surface area contributed by atoms with Crippen molar-refractivity contribution in [3.8, 4) is 0 Å². The second kappa shape index (κ2) is 8.67. The first-order valence-corrected chi connectivity index (χ1v) is 7.11. The highest BCUT2D eigenvalue weighted by Gasteiger charge is 2.00. The van der Waals surface area contributed by atoms with Gasteiger partial charge in [-0.05, 0) is 38.3 Å². The Balaban J connectivity index is 2.07. The van der Waals surface area contributed by atoms with Crippen LogP contribution in [-0.4, -0.2) is 26.0 Å². The molecule has 0 aliphatic rings. The zero-order valence-electron chi connectivity index (χ0n) is 10.1. The van der Waals surface area contributed by atoms with Crippen molar-refractivity contribution in [3.05, 3.63) is 23.7 Å². The van der Waals surface area contributed by atoms with Gasteiger partial charge in [-0.25, -0.2) is 0 Å². The lowest BCUT2D eigenvalue weighted by molar-refractivity contribution is 0.144. The number of nitrogens with one attached hydrogen (secondary N) is 1. The van der Waals surface area contributed by atoms with Crippen molar-refractivity contribution in [2.24, 2.45) is 0 Å². The third-order valence-electron chi connectivity index (χ3n) is 2.15. The quantitative estimate of drug-likeness (QED) is 0.676. The van der Waals surface area contributed by atoms with Gasteiger partial charge in [0.15, 0.2) is 0 Å². The van der Waals surface area contributed by atoms with E-state index in [1.165, 1.54) is 0 Å². The minimum Gasteiger partial charge on any atom is -0.464 e. The van der Waals surface area contributed by atoms with E-state index < -0.39 is 0 Å². The maximum atomic E-state index is 5.64. The molecule has 4 heteroatoms. The smallest absolute Gasteiger partial charge is 0.117 e. The summed E-state index contributed by atoms with van der Waals surface area (Å²) in [4.78, 5) is 0. The Morgan fingerprint density at radius 2 is 2.19 bits per heavy atom. The van der Waals surface area contributed by atoms with Crippen LogP contribution < -0.4 is 5.32 Å². The summed E-state index contributed by atoms with van der Waals surface area (Å²) in [5.74, 6) is 3.02. The van der Waals surface area contributed by atoms with Crippen LogP contribution in [0.1, 0.15) is 24.9 Å². The summed E-state index contributed by atoms with van der Waals surface area (Å²) in [6.45, 7) is 5.43. The predicted molar refractivity (Wildman–Crippen MR) is 68.7 cm³/mol. The van der Waals surface area contributed by atoms with Crippen LogP contribution in [0.15, 0.2) is 16.5 Å². The number of hydrogen-bond donors (Lipinski definition) is 1. The molecule has 0 aliphatic heterocycles. The van der Waals surface area contributed by atoms with Crippen LogP contribution in [0.2, 0.25) is 0 Å². The van der Waals surface area contributed by atoms with Gasteiger partial charge in [-0.1, -0.05) is 0 Å². The molecule has 1 N–H and O–H groups in total. The fourth-order valence-electron chi connectivity index (χ4n) is 1.39. The number of furan rings is 1. The molecule has 0 fully saturated rings. The molecule has 0 saturated heterocycles. The Hall–Kier alpha value is -0.450. The number of rotatable bonds is 9. The fourth-order valence-corrected chi connectivity index (χ4v) is 1.83. The first kappa shape index (κ1) is 13.6. The summed E-state index contributed by atoms with van der Waals surface area (Å²) in [6, 6.07) is 4.09. The van der Waals surface area contributed by atoms with Crippen LogP contribution >= 0.6 is 11.8 Å². The largest absolute Gasteiger partial charge is 0.464 e. The molecule has 0 unspecified atom stereocenters. The topological polar surface area (TPSA) is 34.4 Å². The molecule has 0 aromatic carbocycles. The molecular weight excluding hydrogens is 222 g/mol. The summed E-state index contributed by atoms with van der Waals surface area (Å²) in [5.41, 5.74) is 0. The molecule has 1 rings (SSSR count). The van der Waals surface area contributed by atoms with Gasteiger partial charge in [-0.15, -0.1) is 0 Å². The molecule has 92 valence electrons. The molecule has 0 amide bonds. The average Bonchev–Trinajstić information content (AvgIpc) is 2.72. The minimum absolute atomic E-state index is 0.802. The molecule has 0 atom stereocenters. The highest BCUT2D eigenvalue weighted by molar-refractivity contribution is 7.97. The molecule has 0 spiro atoms. The Kier molecular flexibility index (Phi) is 7.38. The molecule has 0 bridgehead atoms. The van der Waals surface area contributed by atoms with E-state index in [0.29, 0.717) is 0 Å². The predicted octanol–water partition coefficient (Wildman–Crippen LogP) is 2.66. The maximum absolute atomic E-state index is 5.64. The first-order valence-electron chi connectivity index (χ1n) is 5.71. The molecule has 0 aliphatic carbocycles. The fraction of sp³-hybridized carbons (Fsp3) is 0.667. The van der Waals surface area contributed by atoms with E-state index in [4.69, 9.17) is 9.15 Å². The molecular formula is C12H21NO2S. The summed E-state index contributed by atoms with van der Waals surface area (Å²) in [7, 11) is 0. The maximum Gasteiger partial charge on any atom is 0.117 e. The van der Waals surface area contributed by atoms with E-state index >= 15 is 0 Å². The lowest BCUT2D eigenvalue weighted by Gasteiger charge is -2.02. The van der Waals surface area contributed by atoms with Gasteiger partial charge >= 0.3 is 0 Å². The summed E-state index contributed by atoms with van der Waals surface area (Å²) in [5, 5.41) is 3.34. The van der Waals surface area contributed by atoms with Gasteiger partial charge in [0, 0.05) is 13.2 Å². The third kappa shape index (κ3) is 5.58. The van der Waals surface area contributed by atoms with E-state index in [9.17, 15) is 0 Å². The molecule has 1 aromatic heterocycles. The van der Waals surface area contributed by atoms with Crippen molar-refractivity contribution in [3.63, 3.8) is 0 Å². The molecule has 16 heavy (non-hydrogen) atoms. The Bertz CT molecular complexity index is 276. The van der Waals surface area contributed by atoms with Gasteiger partial charge in [0.25, 0.3) is 0 Å². The molecule has 1 aromatic rings. The summed E-state index contributed by atoms with van der Waals surface area (Å²) in [6.07, 6.45) is 3.13. The van der Waals surface area contributed by atoms with E-state index in [0.717, 1.165) is 50.0 Å². The van der Waals surface area contributed by atoms with E-state index in [1.807, 2.05) is 19.1 Å². The summed E-state index contributed by atoms with van der Waals surface area (Å²) < 4.78 is 10.9. The van der Waals surface area contributed by atoms with Gasteiger partial charge in [0.2, 0.25) is 0 Å². The second-order valence-corrected chi connectivity index (χ2v) is 4.39. The van der Waals surface area contributed by atoms with Crippen LogP contribution in [0.25, 0.3) is 0 Å². The van der Waals surface area contributed by atoms with Gasteiger partial charge in [0.05, 0.1) is 12.3 Å². The highest BCUT2D eigenvalue weighted by atomic mass is 32.2. The minimum atomic E-state index is 0.802. The standard InChI is InChI=1S/C12H21NO2S/c1-3-14-8-4-7-13-9-11-5-6-12(15-11)10-16-2/h5-6,13H,3-4,7-10H2,1-2H3. The zero-order valence-corrected chi connectivity index (χ0v) is 10.9. The molecule has 1 heterocycles. The van der Waals surface area contributed by atoms with Crippen LogP contribution in [0.3, 0.4) is 0 Å². The zero-order chi connectivity index (χ0) is 11.6. The van der Waals surface area contributed by atoms with Gasteiger partial charge in [0.1, 0.15) is 11.5 Å². The van der Waals surface area contributed by atoms with Gasteiger partial charge in [-0.2, -0.15) is 11.8 Å². The first-order chi connectivity index (χ1) is 7.86. The van der Waals surface area contributed by atoms with Crippen molar-refractivity contribution in [1.29, 1.82) is 0 Å². The lowest BCUT2D eigenvalue weighted by atomic mass is 10.4. The third-order valence-corrected chi connectivity index (χ3v) is 2.72. The van der Waals surface area contributed by atoms with E-state index in [2.05, 4.69) is 11.6 Å². The highest BCUT2D eigenvalue weighted by Crippen LogP contribution is 2.12. The van der Waals surface area contributed by atoms with Crippen LogP contribution in [0.5, 0.6) is 0 Å². The van der Waals surface area contributed by atoms with Crippen molar-refractivity contribution >= 4 is 11.8 Å².